The van der Waals surface area contributed by atoms with Crippen LogP contribution in [0.5, 0.6) is 0 Å². The fourth-order valence-electron chi connectivity index (χ4n) is 2.26. The first kappa shape index (κ1) is 16.4. The maximum Gasteiger partial charge on any atom is 0.411 e. The van der Waals surface area contributed by atoms with E-state index in [0.29, 0.717) is 5.56 Å². The van der Waals surface area contributed by atoms with Crippen molar-refractivity contribution in [3.8, 4) is 0 Å². The Morgan fingerprint density at radius 3 is 2.48 bits per heavy atom. The molecule has 7 heteroatoms. The third-order valence-corrected chi connectivity index (χ3v) is 3.39. The number of carbonyl (C=O) groups is 2. The summed E-state index contributed by atoms with van der Waals surface area (Å²) in [6.07, 6.45) is 1.28. The largest absolute Gasteiger partial charge is 0.478 e. The van der Waals surface area contributed by atoms with Crippen LogP contribution in [0.3, 0.4) is 0 Å². The molecule has 25 heavy (non-hydrogen) atoms. The summed E-state index contributed by atoms with van der Waals surface area (Å²) in [5, 5.41) is 11.7. The van der Waals surface area contributed by atoms with Gasteiger partial charge in [0.25, 0.3) is 6.29 Å². The van der Waals surface area contributed by atoms with Crippen molar-refractivity contribution in [1.82, 2.24) is 0 Å². The van der Waals surface area contributed by atoms with Crippen LogP contribution in [0.25, 0.3) is 0 Å². The fourth-order valence-corrected chi connectivity index (χ4v) is 2.26. The number of aromatic carboxylic acids is 1. The highest BCUT2D eigenvalue weighted by Gasteiger charge is 2.19. The molecule has 0 atom stereocenters. The first-order valence-electron chi connectivity index (χ1n) is 7.44. The van der Waals surface area contributed by atoms with E-state index in [1.165, 1.54) is 24.7 Å². The summed E-state index contributed by atoms with van der Waals surface area (Å²) >= 11 is 0. The molecule has 2 N–H and O–H groups in total. The molecule has 0 fully saturated rings. The highest BCUT2D eigenvalue weighted by molar-refractivity contribution is 5.91. The third-order valence-electron chi connectivity index (χ3n) is 3.39. The van der Waals surface area contributed by atoms with Crippen molar-refractivity contribution < 1.29 is 28.9 Å². The van der Waals surface area contributed by atoms with Gasteiger partial charge in [0.05, 0.1) is 5.56 Å². The van der Waals surface area contributed by atoms with Crippen LogP contribution < -0.4 is 5.32 Å². The van der Waals surface area contributed by atoms with E-state index in [1.807, 2.05) is 30.3 Å². The molecule has 2 aromatic carbocycles. The number of hydrogen-bond donors (Lipinski definition) is 2. The van der Waals surface area contributed by atoms with Crippen molar-refractivity contribution in [2.45, 2.75) is 12.9 Å². The third kappa shape index (κ3) is 4.29. The minimum atomic E-state index is -1.13. The number of hydrogen-bond acceptors (Lipinski definition) is 5. The smallest absolute Gasteiger partial charge is 0.411 e. The van der Waals surface area contributed by atoms with E-state index in [-0.39, 0.29) is 17.9 Å². The first-order chi connectivity index (χ1) is 12.1. The van der Waals surface area contributed by atoms with E-state index in [1.54, 1.807) is 6.07 Å². The Labute approximate surface area is 143 Å². The van der Waals surface area contributed by atoms with Crippen molar-refractivity contribution in [3.63, 3.8) is 0 Å². The van der Waals surface area contributed by atoms with Crippen LogP contribution >= 0.6 is 0 Å². The maximum absolute atomic E-state index is 11.9. The normalized spacial score (nSPS) is 13.0. The van der Waals surface area contributed by atoms with Gasteiger partial charge in [0.1, 0.15) is 19.1 Å². The summed E-state index contributed by atoms with van der Waals surface area (Å²) in [5.41, 5.74) is 1.57. The van der Waals surface area contributed by atoms with Crippen LogP contribution in [0.4, 0.5) is 10.5 Å². The van der Waals surface area contributed by atoms with E-state index < -0.39 is 18.4 Å². The molecule has 0 bridgehead atoms. The lowest BCUT2D eigenvalue weighted by Crippen LogP contribution is -2.14. The highest BCUT2D eigenvalue weighted by atomic mass is 16.7. The zero-order valence-electron chi connectivity index (χ0n) is 13.0. The van der Waals surface area contributed by atoms with Gasteiger partial charge in [-0.25, -0.2) is 9.59 Å². The lowest BCUT2D eigenvalue weighted by molar-refractivity contribution is -0.0246. The minimum absolute atomic E-state index is 0.00467. The number of amides is 1. The molecule has 0 saturated carbocycles. The fraction of sp³-hybridized carbons (Fsp3) is 0.111. The summed E-state index contributed by atoms with van der Waals surface area (Å²) < 4.78 is 15.5. The molecule has 3 rings (SSSR count). The number of anilines is 1. The van der Waals surface area contributed by atoms with Gasteiger partial charge in [0, 0.05) is 11.3 Å². The summed E-state index contributed by atoms with van der Waals surface area (Å²) in [6.45, 7) is 0.108. The molecule has 0 unspecified atom stereocenters. The Balaban J connectivity index is 1.70. The van der Waals surface area contributed by atoms with E-state index in [0.717, 1.165) is 5.56 Å². The van der Waals surface area contributed by atoms with Crippen LogP contribution in [-0.4, -0.2) is 17.2 Å². The zero-order valence-corrected chi connectivity index (χ0v) is 13.0. The Morgan fingerprint density at radius 1 is 1.08 bits per heavy atom. The summed E-state index contributed by atoms with van der Waals surface area (Å²) in [5.74, 6) is -1.13. The van der Waals surface area contributed by atoms with Gasteiger partial charge in [0.15, 0.2) is 0 Å². The molecule has 2 aromatic rings. The molecule has 0 spiro atoms. The van der Waals surface area contributed by atoms with Crippen molar-refractivity contribution in [2.75, 3.05) is 5.32 Å². The van der Waals surface area contributed by atoms with Gasteiger partial charge in [-0.15, -0.1) is 0 Å². The number of benzene rings is 2. The minimum Gasteiger partial charge on any atom is -0.478 e. The number of carbonyl (C=O) groups excluding carboxylic acids is 1. The SMILES string of the molecule is O=C(Nc1cc(C(=O)O)cc(C2OC=CO2)c1)OCc1ccccc1. The highest BCUT2D eigenvalue weighted by Crippen LogP contribution is 2.27. The number of ether oxygens (including phenoxy) is 3. The second-order valence-electron chi connectivity index (χ2n) is 5.21. The second kappa shape index (κ2) is 7.39. The predicted octanol–water partition coefficient (Wildman–Crippen LogP) is 3.65. The lowest BCUT2D eigenvalue weighted by Gasteiger charge is -2.14. The molecule has 1 heterocycles. The van der Waals surface area contributed by atoms with Gasteiger partial charge < -0.3 is 19.3 Å². The number of nitrogens with one attached hydrogen (secondary N) is 1. The van der Waals surface area contributed by atoms with Gasteiger partial charge >= 0.3 is 12.1 Å². The molecule has 0 radical (unpaired) electrons. The molecule has 0 saturated heterocycles. The molecule has 0 aliphatic carbocycles. The number of carboxylic acids is 1. The molecular formula is C18H15NO6. The molecule has 0 aromatic heterocycles. The Kier molecular flexibility index (Phi) is 4.84. The van der Waals surface area contributed by atoms with Crippen molar-refractivity contribution >= 4 is 17.7 Å². The molecule has 1 amide bonds. The van der Waals surface area contributed by atoms with Crippen LogP contribution in [0, 0.1) is 0 Å². The zero-order chi connectivity index (χ0) is 17.6. The van der Waals surface area contributed by atoms with Crippen LogP contribution in [0.1, 0.15) is 27.8 Å². The van der Waals surface area contributed by atoms with Crippen LogP contribution in [-0.2, 0) is 20.8 Å². The van der Waals surface area contributed by atoms with Gasteiger partial charge in [-0.2, -0.15) is 0 Å². The molecular weight excluding hydrogens is 326 g/mol. The summed E-state index contributed by atoms with van der Waals surface area (Å²) in [4.78, 5) is 23.2. The lowest BCUT2D eigenvalue weighted by atomic mass is 10.1. The van der Waals surface area contributed by atoms with Gasteiger partial charge in [-0.05, 0) is 23.8 Å². The van der Waals surface area contributed by atoms with Gasteiger partial charge in [-0.1, -0.05) is 30.3 Å². The monoisotopic (exact) mass is 341 g/mol. The van der Waals surface area contributed by atoms with E-state index in [2.05, 4.69) is 5.32 Å². The van der Waals surface area contributed by atoms with Gasteiger partial charge in [0.2, 0.25) is 0 Å². The average Bonchev–Trinajstić information content (AvgIpc) is 3.15. The average molecular weight is 341 g/mol. The Morgan fingerprint density at radius 2 is 1.80 bits per heavy atom. The van der Waals surface area contributed by atoms with E-state index in [4.69, 9.17) is 14.2 Å². The van der Waals surface area contributed by atoms with Crippen LogP contribution in [0.2, 0.25) is 0 Å². The predicted molar refractivity (Wildman–Crippen MR) is 87.7 cm³/mol. The van der Waals surface area contributed by atoms with Crippen molar-refractivity contribution in [2.24, 2.45) is 0 Å². The molecule has 1 aliphatic heterocycles. The summed E-state index contributed by atoms with van der Waals surface area (Å²) in [6, 6.07) is 13.5. The Hall–Kier alpha value is -3.48. The number of carboxylic acid groups (broad SMARTS) is 1. The molecule has 1 aliphatic rings. The topological polar surface area (TPSA) is 94.1 Å². The van der Waals surface area contributed by atoms with Crippen molar-refractivity contribution in [1.29, 1.82) is 0 Å². The van der Waals surface area contributed by atoms with Gasteiger partial charge in [-0.3, -0.25) is 5.32 Å². The first-order valence-corrected chi connectivity index (χ1v) is 7.44. The summed E-state index contributed by atoms with van der Waals surface area (Å²) in [7, 11) is 0. The second-order valence-corrected chi connectivity index (χ2v) is 5.21. The maximum atomic E-state index is 11.9. The van der Waals surface area contributed by atoms with E-state index >= 15 is 0 Å². The van der Waals surface area contributed by atoms with E-state index in [9.17, 15) is 14.7 Å². The Bertz CT molecular complexity index is 794. The number of rotatable bonds is 5. The molecule has 7 nitrogen and oxygen atoms in total. The van der Waals surface area contributed by atoms with Crippen molar-refractivity contribution in [3.05, 3.63) is 77.7 Å². The molecule has 128 valence electrons. The van der Waals surface area contributed by atoms with Crippen LogP contribution in [0.15, 0.2) is 61.1 Å². The standard InChI is InChI=1S/C18H15NO6/c20-16(21)13-8-14(17-23-6-7-24-17)10-15(9-13)19-18(22)25-11-12-4-2-1-3-5-12/h1-10,17H,11H2,(H,19,22)(H,20,21). The quantitative estimate of drug-likeness (QED) is 0.862.